The molecule has 1 aromatic rings. The Morgan fingerprint density at radius 1 is 1.21 bits per heavy atom. The Kier molecular flexibility index (Phi) is 6.92. The molecule has 2 amide bonds. The zero-order valence-corrected chi connectivity index (χ0v) is 15.1. The minimum Gasteiger partial charge on any atom is -0.350 e. The molecular weight excluding hydrogens is 332 g/mol. The lowest BCUT2D eigenvalue weighted by molar-refractivity contribution is -0.125. The minimum absolute atomic E-state index is 0.217. The van der Waals surface area contributed by atoms with Crippen LogP contribution in [0.1, 0.15) is 44.5 Å². The van der Waals surface area contributed by atoms with Crippen LogP contribution < -0.4 is 10.8 Å². The highest BCUT2D eigenvalue weighted by Gasteiger charge is 2.30. The van der Waals surface area contributed by atoms with Gasteiger partial charge in [-0.15, -0.1) is 4.28 Å². The van der Waals surface area contributed by atoms with Crippen molar-refractivity contribution < 1.29 is 22.3 Å². The van der Waals surface area contributed by atoms with Gasteiger partial charge in [0.2, 0.25) is 5.91 Å². The molecule has 1 rings (SSSR count). The monoisotopic (exact) mass is 356 g/mol. The Bertz CT molecular complexity index is 671. The first kappa shape index (κ1) is 20.1. The topological polar surface area (TPSA) is 102 Å². The van der Waals surface area contributed by atoms with Crippen molar-refractivity contribution >= 4 is 21.9 Å². The summed E-state index contributed by atoms with van der Waals surface area (Å²) in [5, 5.41) is 2.67. The zero-order valence-electron chi connectivity index (χ0n) is 14.3. The Labute approximate surface area is 142 Å². The van der Waals surface area contributed by atoms with E-state index in [9.17, 15) is 18.0 Å². The van der Waals surface area contributed by atoms with E-state index in [-0.39, 0.29) is 17.4 Å². The molecular formula is C16H24N2O5S. The van der Waals surface area contributed by atoms with Gasteiger partial charge in [-0.05, 0) is 32.4 Å². The number of hydrogen-bond acceptors (Lipinski definition) is 5. The molecule has 0 fully saturated rings. The van der Waals surface area contributed by atoms with E-state index in [1.54, 1.807) is 39.0 Å². The van der Waals surface area contributed by atoms with E-state index in [0.29, 0.717) is 6.42 Å². The summed E-state index contributed by atoms with van der Waals surface area (Å²) in [6.07, 6.45) is 0.651. The van der Waals surface area contributed by atoms with Crippen LogP contribution in [0.5, 0.6) is 0 Å². The Hall–Kier alpha value is -1.93. The largest absolute Gasteiger partial charge is 0.350 e. The smallest absolute Gasteiger partial charge is 0.290 e. The van der Waals surface area contributed by atoms with E-state index in [4.69, 9.17) is 0 Å². The molecule has 134 valence electrons. The van der Waals surface area contributed by atoms with Crippen LogP contribution in [0.2, 0.25) is 0 Å². The molecule has 0 heterocycles. The van der Waals surface area contributed by atoms with Gasteiger partial charge in [-0.3, -0.25) is 9.59 Å². The van der Waals surface area contributed by atoms with Crippen LogP contribution >= 0.6 is 0 Å². The Balaban J connectivity index is 2.62. The van der Waals surface area contributed by atoms with Gasteiger partial charge < -0.3 is 5.32 Å². The maximum atomic E-state index is 12.0. The van der Waals surface area contributed by atoms with Gasteiger partial charge in [-0.1, -0.05) is 32.0 Å². The van der Waals surface area contributed by atoms with E-state index >= 15 is 0 Å². The maximum Gasteiger partial charge on any atom is 0.290 e. The second kappa shape index (κ2) is 8.25. The normalized spacial score (nSPS) is 13.2. The molecule has 24 heavy (non-hydrogen) atoms. The SMILES string of the molecule is CCC(C)C(=O)NC(C)(C)CS(=O)(=O)ONC(=O)c1ccccc1. The number of rotatable bonds is 8. The minimum atomic E-state index is -4.07. The van der Waals surface area contributed by atoms with Crippen LogP contribution in [-0.4, -0.2) is 31.5 Å². The summed E-state index contributed by atoms with van der Waals surface area (Å²) >= 11 is 0. The standard InChI is InChI=1S/C16H24N2O5S/c1-5-12(2)14(19)17-16(3,4)11-24(21,22)23-18-15(20)13-9-7-6-8-10-13/h6-10,12H,5,11H2,1-4H3,(H,17,19)(H,18,20). The third-order valence-electron chi connectivity index (χ3n) is 3.36. The summed E-state index contributed by atoms with van der Waals surface area (Å²) in [5.41, 5.74) is 1.15. The van der Waals surface area contributed by atoms with Crippen molar-refractivity contribution in [2.75, 3.05) is 5.75 Å². The first-order valence-corrected chi connectivity index (χ1v) is 9.22. The average molecular weight is 356 g/mol. The van der Waals surface area contributed by atoms with Gasteiger partial charge in [0.25, 0.3) is 16.0 Å². The van der Waals surface area contributed by atoms with Crippen LogP contribution in [-0.2, 0) is 19.2 Å². The quantitative estimate of drug-likeness (QED) is 0.689. The van der Waals surface area contributed by atoms with Crippen molar-refractivity contribution in [2.24, 2.45) is 5.92 Å². The van der Waals surface area contributed by atoms with E-state index in [2.05, 4.69) is 9.60 Å². The predicted octanol–water partition coefficient (Wildman–Crippen LogP) is 1.62. The zero-order chi connectivity index (χ0) is 18.4. The van der Waals surface area contributed by atoms with Crippen molar-refractivity contribution in [3.05, 3.63) is 35.9 Å². The lowest BCUT2D eigenvalue weighted by Gasteiger charge is -2.27. The molecule has 0 saturated carbocycles. The molecule has 0 aliphatic rings. The third-order valence-corrected chi connectivity index (χ3v) is 4.77. The van der Waals surface area contributed by atoms with E-state index in [0.717, 1.165) is 0 Å². The number of nitrogens with one attached hydrogen (secondary N) is 2. The molecule has 0 aliphatic heterocycles. The molecule has 1 aromatic carbocycles. The summed E-state index contributed by atoms with van der Waals surface area (Å²) in [6.45, 7) is 6.78. The summed E-state index contributed by atoms with van der Waals surface area (Å²) in [5.74, 6) is -1.59. The molecule has 0 radical (unpaired) electrons. The highest BCUT2D eigenvalue weighted by molar-refractivity contribution is 7.86. The molecule has 0 bridgehead atoms. The number of benzene rings is 1. The van der Waals surface area contributed by atoms with Crippen LogP contribution in [0.3, 0.4) is 0 Å². The second-order valence-corrected chi connectivity index (χ2v) is 7.84. The van der Waals surface area contributed by atoms with Gasteiger partial charge in [0.15, 0.2) is 0 Å². The Morgan fingerprint density at radius 2 is 1.79 bits per heavy atom. The molecule has 7 nitrogen and oxygen atoms in total. The number of hydroxylamine groups is 1. The lowest BCUT2D eigenvalue weighted by atomic mass is 10.0. The number of carbonyl (C=O) groups is 2. The first-order valence-electron chi connectivity index (χ1n) is 7.65. The predicted molar refractivity (Wildman–Crippen MR) is 90.5 cm³/mol. The van der Waals surface area contributed by atoms with Crippen LogP contribution in [0, 0.1) is 5.92 Å². The van der Waals surface area contributed by atoms with Gasteiger partial charge in [-0.25, -0.2) is 5.48 Å². The van der Waals surface area contributed by atoms with Crippen molar-refractivity contribution in [1.29, 1.82) is 0 Å². The maximum absolute atomic E-state index is 12.0. The molecule has 2 N–H and O–H groups in total. The molecule has 8 heteroatoms. The van der Waals surface area contributed by atoms with E-state index in [1.807, 2.05) is 12.4 Å². The van der Waals surface area contributed by atoms with Gasteiger partial charge in [0, 0.05) is 11.5 Å². The van der Waals surface area contributed by atoms with Crippen molar-refractivity contribution in [3.8, 4) is 0 Å². The molecule has 1 atom stereocenters. The number of hydrogen-bond donors (Lipinski definition) is 2. The van der Waals surface area contributed by atoms with Crippen LogP contribution in [0.4, 0.5) is 0 Å². The lowest BCUT2D eigenvalue weighted by Crippen LogP contribution is -2.50. The molecule has 0 spiro atoms. The fourth-order valence-corrected chi connectivity index (χ4v) is 3.12. The van der Waals surface area contributed by atoms with E-state index in [1.165, 1.54) is 12.1 Å². The third kappa shape index (κ3) is 6.67. The number of amides is 2. The second-order valence-electron chi connectivity index (χ2n) is 6.26. The van der Waals surface area contributed by atoms with Gasteiger partial charge in [0.05, 0.1) is 5.54 Å². The summed E-state index contributed by atoms with van der Waals surface area (Å²) in [4.78, 5) is 23.7. The number of carbonyl (C=O) groups excluding carboxylic acids is 2. The highest BCUT2D eigenvalue weighted by Crippen LogP contribution is 2.11. The van der Waals surface area contributed by atoms with Crippen molar-refractivity contribution in [1.82, 2.24) is 10.8 Å². The van der Waals surface area contributed by atoms with Gasteiger partial charge >= 0.3 is 0 Å². The molecule has 0 saturated heterocycles. The molecule has 0 aromatic heterocycles. The molecule has 1 unspecified atom stereocenters. The van der Waals surface area contributed by atoms with Crippen molar-refractivity contribution in [2.45, 2.75) is 39.7 Å². The first-order chi connectivity index (χ1) is 11.1. The molecule has 0 aliphatic carbocycles. The fraction of sp³-hybridized carbons (Fsp3) is 0.500. The van der Waals surface area contributed by atoms with Gasteiger partial charge in [-0.2, -0.15) is 8.42 Å². The van der Waals surface area contributed by atoms with Crippen LogP contribution in [0.15, 0.2) is 30.3 Å². The summed E-state index contributed by atoms with van der Waals surface area (Å²) in [7, 11) is -4.07. The van der Waals surface area contributed by atoms with E-state index < -0.39 is 27.3 Å². The highest BCUT2D eigenvalue weighted by atomic mass is 32.2. The average Bonchev–Trinajstić information content (AvgIpc) is 2.51. The van der Waals surface area contributed by atoms with Gasteiger partial charge in [0.1, 0.15) is 5.75 Å². The van der Waals surface area contributed by atoms with Crippen LogP contribution in [0.25, 0.3) is 0 Å². The Morgan fingerprint density at radius 3 is 2.33 bits per heavy atom. The fourth-order valence-electron chi connectivity index (χ4n) is 1.90. The van der Waals surface area contributed by atoms with Crippen molar-refractivity contribution in [3.63, 3.8) is 0 Å². The summed E-state index contributed by atoms with van der Waals surface area (Å²) < 4.78 is 28.6. The summed E-state index contributed by atoms with van der Waals surface area (Å²) in [6, 6.07) is 8.09.